The van der Waals surface area contributed by atoms with Crippen molar-refractivity contribution in [1.29, 1.82) is 0 Å². The van der Waals surface area contributed by atoms with Gasteiger partial charge >= 0.3 is 0 Å². The van der Waals surface area contributed by atoms with Gasteiger partial charge in [-0.1, -0.05) is 31.9 Å². The molecule has 0 aliphatic heterocycles. The molecule has 1 N–H and O–H groups in total. The molecule has 1 rings (SSSR count). The van der Waals surface area contributed by atoms with Gasteiger partial charge in [0, 0.05) is 6.61 Å². The van der Waals surface area contributed by atoms with E-state index in [0.717, 1.165) is 19.6 Å². The highest BCUT2D eigenvalue weighted by Crippen LogP contribution is 2.24. The minimum Gasteiger partial charge on any atom is -0.377 e. The number of hydrogen-bond acceptors (Lipinski definition) is 2. The van der Waals surface area contributed by atoms with Crippen LogP contribution in [0.15, 0.2) is 11.6 Å². The van der Waals surface area contributed by atoms with Crippen LogP contribution in [0.3, 0.4) is 0 Å². The predicted molar refractivity (Wildman–Crippen MR) is 74.3 cm³/mol. The first-order chi connectivity index (χ1) is 8.33. The summed E-state index contributed by atoms with van der Waals surface area (Å²) < 4.78 is 5.95. The van der Waals surface area contributed by atoms with Gasteiger partial charge in [0.1, 0.15) is 0 Å². The first kappa shape index (κ1) is 14.7. The minimum absolute atomic E-state index is 0.356. The van der Waals surface area contributed by atoms with Crippen molar-refractivity contribution in [2.24, 2.45) is 0 Å². The molecule has 17 heavy (non-hydrogen) atoms. The van der Waals surface area contributed by atoms with Crippen LogP contribution in [0.5, 0.6) is 0 Å². The zero-order valence-electron chi connectivity index (χ0n) is 11.8. The maximum atomic E-state index is 5.95. The van der Waals surface area contributed by atoms with Gasteiger partial charge in [-0.3, -0.25) is 0 Å². The van der Waals surface area contributed by atoms with Crippen molar-refractivity contribution in [1.82, 2.24) is 5.32 Å². The maximum Gasteiger partial charge on any atom is 0.0766 e. The molecule has 0 fully saturated rings. The van der Waals surface area contributed by atoms with Crippen LogP contribution in [0.2, 0.25) is 0 Å². The Morgan fingerprint density at radius 3 is 2.65 bits per heavy atom. The Labute approximate surface area is 107 Å². The molecule has 100 valence electrons. The lowest BCUT2D eigenvalue weighted by molar-refractivity contribution is 0.0361. The standard InChI is InChI=1S/C15H29NO/c1-4-10-14(17-6-3)15(16-5-2)13-11-8-7-9-12-13/h11,14-16H,4-10,12H2,1-3H3. The van der Waals surface area contributed by atoms with Crippen molar-refractivity contribution in [3.63, 3.8) is 0 Å². The fraction of sp³-hybridized carbons (Fsp3) is 0.867. The molecule has 2 atom stereocenters. The zero-order valence-corrected chi connectivity index (χ0v) is 11.8. The fourth-order valence-corrected chi connectivity index (χ4v) is 2.71. The molecule has 0 heterocycles. The molecule has 2 heteroatoms. The first-order valence-electron chi connectivity index (χ1n) is 7.37. The van der Waals surface area contributed by atoms with Gasteiger partial charge in [0.2, 0.25) is 0 Å². The molecular formula is C15H29NO. The lowest BCUT2D eigenvalue weighted by Crippen LogP contribution is -2.43. The highest BCUT2D eigenvalue weighted by molar-refractivity contribution is 5.15. The molecule has 2 unspecified atom stereocenters. The second-order valence-electron chi connectivity index (χ2n) is 4.84. The molecule has 1 aliphatic rings. The topological polar surface area (TPSA) is 21.3 Å². The number of hydrogen-bond donors (Lipinski definition) is 1. The Morgan fingerprint density at radius 1 is 1.29 bits per heavy atom. The van der Waals surface area contributed by atoms with E-state index in [1.54, 1.807) is 5.57 Å². The molecule has 0 spiro atoms. The quantitative estimate of drug-likeness (QED) is 0.653. The maximum absolute atomic E-state index is 5.95. The smallest absolute Gasteiger partial charge is 0.0766 e. The average molecular weight is 239 g/mol. The third-order valence-corrected chi connectivity index (χ3v) is 3.48. The van der Waals surface area contributed by atoms with E-state index in [1.165, 1.54) is 32.1 Å². The van der Waals surface area contributed by atoms with Crippen LogP contribution in [0.25, 0.3) is 0 Å². The van der Waals surface area contributed by atoms with Gasteiger partial charge in [0.15, 0.2) is 0 Å². The van der Waals surface area contributed by atoms with Crippen molar-refractivity contribution < 1.29 is 4.74 Å². The predicted octanol–water partition coefficient (Wildman–Crippen LogP) is 3.67. The van der Waals surface area contributed by atoms with Crippen molar-refractivity contribution in [2.75, 3.05) is 13.2 Å². The van der Waals surface area contributed by atoms with E-state index in [0.29, 0.717) is 12.1 Å². The lowest BCUT2D eigenvalue weighted by Gasteiger charge is -2.31. The van der Waals surface area contributed by atoms with E-state index < -0.39 is 0 Å². The number of likely N-dealkylation sites (N-methyl/N-ethyl adjacent to an activating group) is 1. The lowest BCUT2D eigenvalue weighted by atomic mass is 9.89. The Morgan fingerprint density at radius 2 is 2.12 bits per heavy atom. The largest absolute Gasteiger partial charge is 0.377 e. The van der Waals surface area contributed by atoms with Crippen LogP contribution in [0.1, 0.15) is 59.3 Å². The fourth-order valence-electron chi connectivity index (χ4n) is 2.71. The molecule has 0 aromatic carbocycles. The molecule has 0 aromatic heterocycles. The van der Waals surface area contributed by atoms with Crippen LogP contribution in [-0.4, -0.2) is 25.3 Å². The van der Waals surface area contributed by atoms with Crippen LogP contribution in [0, 0.1) is 0 Å². The number of rotatable bonds is 8. The van der Waals surface area contributed by atoms with Gasteiger partial charge in [-0.15, -0.1) is 0 Å². The minimum atomic E-state index is 0.356. The molecular weight excluding hydrogens is 210 g/mol. The number of nitrogens with one attached hydrogen (secondary N) is 1. The summed E-state index contributed by atoms with van der Waals surface area (Å²) in [6, 6.07) is 0.445. The average Bonchev–Trinajstić information content (AvgIpc) is 2.37. The second kappa shape index (κ2) is 8.71. The molecule has 1 aliphatic carbocycles. The molecule has 0 saturated heterocycles. The van der Waals surface area contributed by atoms with Gasteiger partial charge in [-0.2, -0.15) is 0 Å². The normalized spacial score (nSPS) is 19.8. The van der Waals surface area contributed by atoms with Gasteiger partial charge in [0.25, 0.3) is 0 Å². The van der Waals surface area contributed by atoms with Crippen LogP contribution < -0.4 is 5.32 Å². The monoisotopic (exact) mass is 239 g/mol. The number of allylic oxidation sites excluding steroid dienone is 1. The van der Waals surface area contributed by atoms with Crippen LogP contribution in [-0.2, 0) is 4.74 Å². The zero-order chi connectivity index (χ0) is 12.5. The SMILES string of the molecule is CCCC(OCC)C(NCC)C1=CCCCC1. The summed E-state index contributed by atoms with van der Waals surface area (Å²) in [7, 11) is 0. The van der Waals surface area contributed by atoms with Crippen molar-refractivity contribution in [2.45, 2.75) is 71.4 Å². The van der Waals surface area contributed by atoms with Crippen LogP contribution in [0.4, 0.5) is 0 Å². The summed E-state index contributed by atoms with van der Waals surface area (Å²) in [6.07, 6.45) is 10.4. The Kier molecular flexibility index (Phi) is 7.54. The Hall–Kier alpha value is -0.340. The molecule has 0 bridgehead atoms. The number of ether oxygens (including phenoxy) is 1. The highest BCUT2D eigenvalue weighted by atomic mass is 16.5. The second-order valence-corrected chi connectivity index (χ2v) is 4.84. The van der Waals surface area contributed by atoms with Gasteiger partial charge in [-0.05, 0) is 45.6 Å². The van der Waals surface area contributed by atoms with Gasteiger partial charge in [0.05, 0.1) is 12.1 Å². The van der Waals surface area contributed by atoms with Crippen LogP contribution >= 0.6 is 0 Å². The Balaban J connectivity index is 2.68. The first-order valence-corrected chi connectivity index (χ1v) is 7.37. The van der Waals surface area contributed by atoms with E-state index in [4.69, 9.17) is 4.74 Å². The van der Waals surface area contributed by atoms with E-state index in [9.17, 15) is 0 Å². The third-order valence-electron chi connectivity index (χ3n) is 3.48. The third kappa shape index (κ3) is 4.81. The molecule has 0 saturated carbocycles. The molecule has 0 aromatic rings. The van der Waals surface area contributed by atoms with Crippen molar-refractivity contribution in [3.8, 4) is 0 Å². The van der Waals surface area contributed by atoms with Gasteiger partial charge < -0.3 is 10.1 Å². The summed E-state index contributed by atoms with van der Waals surface area (Å²) in [5.74, 6) is 0. The molecule has 0 amide bonds. The highest BCUT2D eigenvalue weighted by Gasteiger charge is 2.24. The van der Waals surface area contributed by atoms with Gasteiger partial charge in [-0.25, -0.2) is 0 Å². The van der Waals surface area contributed by atoms with E-state index in [1.807, 2.05) is 0 Å². The van der Waals surface area contributed by atoms with E-state index >= 15 is 0 Å². The van der Waals surface area contributed by atoms with E-state index in [2.05, 4.69) is 32.2 Å². The molecule has 0 radical (unpaired) electrons. The van der Waals surface area contributed by atoms with Crippen molar-refractivity contribution in [3.05, 3.63) is 11.6 Å². The summed E-state index contributed by atoms with van der Waals surface area (Å²) in [5.41, 5.74) is 1.59. The summed E-state index contributed by atoms with van der Waals surface area (Å²) >= 11 is 0. The summed E-state index contributed by atoms with van der Waals surface area (Å²) in [6.45, 7) is 8.37. The summed E-state index contributed by atoms with van der Waals surface area (Å²) in [4.78, 5) is 0. The summed E-state index contributed by atoms with van der Waals surface area (Å²) in [5, 5.41) is 3.63. The van der Waals surface area contributed by atoms with Crippen molar-refractivity contribution >= 4 is 0 Å². The Bertz CT molecular complexity index is 219. The molecule has 2 nitrogen and oxygen atoms in total. The van der Waals surface area contributed by atoms with E-state index in [-0.39, 0.29) is 0 Å².